The predicted octanol–water partition coefficient (Wildman–Crippen LogP) is 3.58. The summed E-state index contributed by atoms with van der Waals surface area (Å²) in [6, 6.07) is 3.92. The number of furan rings is 1. The molecule has 1 aromatic carbocycles. The summed E-state index contributed by atoms with van der Waals surface area (Å²) in [7, 11) is -1.23. The van der Waals surface area contributed by atoms with E-state index in [0.29, 0.717) is 16.2 Å². The molecule has 0 saturated carbocycles. The molecule has 0 spiro atoms. The Balaban J connectivity index is 2.53. The number of benzene rings is 1. The summed E-state index contributed by atoms with van der Waals surface area (Å²) in [6.45, 7) is 5.52. The maximum Gasteiger partial charge on any atom is 0.313 e. The molecule has 0 saturated heterocycles. The number of rotatable bonds is 4. The van der Waals surface area contributed by atoms with Crippen LogP contribution in [-0.4, -0.2) is 22.5 Å². The fraction of sp³-hybridized carbons (Fsp3) is 0.400. The summed E-state index contributed by atoms with van der Waals surface area (Å²) in [5.41, 5.74) is 1.65. The van der Waals surface area contributed by atoms with E-state index in [9.17, 15) is 9.00 Å². The van der Waals surface area contributed by atoms with Gasteiger partial charge in [0.25, 0.3) is 0 Å². The fourth-order valence-corrected chi connectivity index (χ4v) is 3.90. The van der Waals surface area contributed by atoms with Gasteiger partial charge >= 0.3 is 5.97 Å². The zero-order valence-corrected chi connectivity index (χ0v) is 15.3. The van der Waals surface area contributed by atoms with Crippen LogP contribution in [0.3, 0.4) is 0 Å². The van der Waals surface area contributed by atoms with Crippen molar-refractivity contribution in [3.05, 3.63) is 27.0 Å². The Morgan fingerprint density at radius 3 is 2.67 bits per heavy atom. The first kappa shape index (κ1) is 16.5. The van der Waals surface area contributed by atoms with Gasteiger partial charge in [0, 0.05) is 15.2 Å². The summed E-state index contributed by atoms with van der Waals surface area (Å²) in [4.78, 5) is 12.4. The van der Waals surface area contributed by atoms with E-state index in [2.05, 4.69) is 22.6 Å². The minimum absolute atomic E-state index is 0.00219. The van der Waals surface area contributed by atoms with Gasteiger partial charge in [0.15, 0.2) is 0 Å². The van der Waals surface area contributed by atoms with Gasteiger partial charge in [-0.25, -0.2) is 0 Å². The zero-order chi connectivity index (χ0) is 15.7. The second kappa shape index (κ2) is 6.48. The molecule has 6 heteroatoms. The maximum absolute atomic E-state index is 12.1. The summed E-state index contributed by atoms with van der Waals surface area (Å²) in [6.07, 6.45) is 1.41. The first-order valence-electron chi connectivity index (χ1n) is 6.54. The number of aryl methyl sites for hydroxylation is 1. The van der Waals surface area contributed by atoms with E-state index in [1.807, 2.05) is 19.1 Å². The lowest BCUT2D eigenvalue weighted by Gasteiger charge is -2.06. The van der Waals surface area contributed by atoms with Crippen molar-refractivity contribution in [1.82, 2.24) is 0 Å². The van der Waals surface area contributed by atoms with Gasteiger partial charge in [-0.1, -0.05) is 0 Å². The molecular formula is C15H17IO4S. The van der Waals surface area contributed by atoms with Crippen molar-refractivity contribution in [2.24, 2.45) is 0 Å². The van der Waals surface area contributed by atoms with Crippen molar-refractivity contribution in [2.45, 2.75) is 38.2 Å². The van der Waals surface area contributed by atoms with Gasteiger partial charge in [0.2, 0.25) is 0 Å². The normalized spacial score (nSPS) is 12.9. The molecule has 1 atom stereocenters. The number of hydrogen-bond donors (Lipinski definition) is 0. The molecule has 1 heterocycles. The highest BCUT2D eigenvalue weighted by Crippen LogP contribution is 2.32. The first-order valence-corrected chi connectivity index (χ1v) is 9.17. The molecule has 0 aliphatic carbocycles. The third kappa shape index (κ3) is 3.66. The lowest BCUT2D eigenvalue weighted by molar-refractivity contribution is -0.146. The Bertz CT molecular complexity index is 718. The monoisotopic (exact) mass is 420 g/mol. The van der Waals surface area contributed by atoms with E-state index in [-0.39, 0.29) is 18.5 Å². The second-order valence-corrected chi connectivity index (χ2v) is 7.69. The molecule has 0 aliphatic rings. The SMILES string of the molecule is Cc1cc(I)cc2c([S@](C)=O)c(CC(=O)OC(C)C)oc12. The average Bonchev–Trinajstić information content (AvgIpc) is 2.65. The highest BCUT2D eigenvalue weighted by molar-refractivity contribution is 14.1. The Labute approximate surface area is 139 Å². The Morgan fingerprint density at radius 1 is 1.43 bits per heavy atom. The molecule has 0 aliphatic heterocycles. The van der Waals surface area contributed by atoms with Gasteiger partial charge in [-0.2, -0.15) is 0 Å². The third-order valence-electron chi connectivity index (χ3n) is 2.92. The molecule has 0 fully saturated rings. The van der Waals surface area contributed by atoms with Crippen LogP contribution in [0.15, 0.2) is 21.4 Å². The van der Waals surface area contributed by atoms with Gasteiger partial charge < -0.3 is 9.15 Å². The average molecular weight is 420 g/mol. The van der Waals surface area contributed by atoms with Crippen LogP contribution in [0.5, 0.6) is 0 Å². The van der Waals surface area contributed by atoms with E-state index in [0.717, 1.165) is 14.5 Å². The standard InChI is InChI=1S/C15H17IO4S/c1-8(2)19-13(17)7-12-15(21(4)18)11-6-10(16)5-9(3)14(11)20-12/h5-6,8H,7H2,1-4H3/t21-/m0/s1. The lowest BCUT2D eigenvalue weighted by Crippen LogP contribution is -2.14. The molecule has 21 heavy (non-hydrogen) atoms. The quantitative estimate of drug-likeness (QED) is 0.561. The number of hydrogen-bond acceptors (Lipinski definition) is 4. The van der Waals surface area contributed by atoms with Crippen LogP contribution in [0.4, 0.5) is 0 Å². The van der Waals surface area contributed by atoms with E-state index >= 15 is 0 Å². The largest absolute Gasteiger partial charge is 0.463 e. The fourth-order valence-electron chi connectivity index (χ4n) is 2.22. The summed E-state index contributed by atoms with van der Waals surface area (Å²) in [5, 5.41) is 0.813. The molecule has 114 valence electrons. The summed E-state index contributed by atoms with van der Waals surface area (Å²) >= 11 is 2.21. The van der Waals surface area contributed by atoms with Crippen molar-refractivity contribution in [3.63, 3.8) is 0 Å². The van der Waals surface area contributed by atoms with Crippen LogP contribution in [0.2, 0.25) is 0 Å². The van der Waals surface area contributed by atoms with Crippen LogP contribution in [0.25, 0.3) is 11.0 Å². The number of fused-ring (bicyclic) bond motifs is 1. The highest BCUT2D eigenvalue weighted by atomic mass is 127. The zero-order valence-electron chi connectivity index (χ0n) is 12.4. The van der Waals surface area contributed by atoms with Crippen molar-refractivity contribution in [2.75, 3.05) is 6.26 Å². The molecule has 2 rings (SSSR count). The number of esters is 1. The molecule has 0 amide bonds. The van der Waals surface area contributed by atoms with Crippen LogP contribution in [0.1, 0.15) is 25.2 Å². The van der Waals surface area contributed by atoms with E-state index in [1.54, 1.807) is 20.1 Å². The number of halogens is 1. The van der Waals surface area contributed by atoms with E-state index < -0.39 is 10.8 Å². The highest BCUT2D eigenvalue weighted by Gasteiger charge is 2.22. The second-order valence-electron chi connectivity index (χ2n) is 5.12. The van der Waals surface area contributed by atoms with Crippen molar-refractivity contribution >= 4 is 50.3 Å². The molecule has 0 bridgehead atoms. The first-order chi connectivity index (χ1) is 9.79. The predicted molar refractivity (Wildman–Crippen MR) is 90.9 cm³/mol. The topological polar surface area (TPSA) is 56.5 Å². The maximum atomic E-state index is 12.1. The van der Waals surface area contributed by atoms with Crippen molar-refractivity contribution < 1.29 is 18.2 Å². The summed E-state index contributed by atoms with van der Waals surface area (Å²) < 4.78 is 24.0. The van der Waals surface area contributed by atoms with Crippen LogP contribution in [-0.2, 0) is 26.8 Å². The smallest absolute Gasteiger partial charge is 0.313 e. The Kier molecular flexibility index (Phi) is 5.08. The van der Waals surface area contributed by atoms with Crippen molar-refractivity contribution in [3.8, 4) is 0 Å². The summed E-state index contributed by atoms with van der Waals surface area (Å²) in [5.74, 6) is 0.0599. The molecule has 0 radical (unpaired) electrons. The number of carbonyl (C=O) groups is 1. The minimum Gasteiger partial charge on any atom is -0.463 e. The molecule has 0 N–H and O–H groups in total. The van der Waals surface area contributed by atoms with Gasteiger partial charge in [-0.15, -0.1) is 0 Å². The molecule has 1 aromatic heterocycles. The van der Waals surface area contributed by atoms with E-state index in [4.69, 9.17) is 9.15 Å². The van der Waals surface area contributed by atoms with Gasteiger partial charge in [-0.3, -0.25) is 9.00 Å². The van der Waals surface area contributed by atoms with E-state index in [1.165, 1.54) is 0 Å². The lowest BCUT2D eigenvalue weighted by atomic mass is 10.2. The Hall–Kier alpha value is -0.890. The van der Waals surface area contributed by atoms with Crippen LogP contribution in [0, 0.1) is 10.5 Å². The Morgan fingerprint density at radius 2 is 2.10 bits per heavy atom. The minimum atomic E-state index is -1.23. The third-order valence-corrected chi connectivity index (χ3v) is 4.57. The van der Waals surface area contributed by atoms with Gasteiger partial charge in [0.05, 0.1) is 21.8 Å². The van der Waals surface area contributed by atoms with Crippen LogP contribution < -0.4 is 0 Å². The molecule has 4 nitrogen and oxygen atoms in total. The molecular weight excluding hydrogens is 403 g/mol. The number of ether oxygens (including phenoxy) is 1. The number of carbonyl (C=O) groups excluding carboxylic acids is 1. The molecule has 0 unspecified atom stereocenters. The van der Waals surface area contributed by atoms with Crippen LogP contribution >= 0.6 is 22.6 Å². The molecule has 2 aromatic rings. The van der Waals surface area contributed by atoms with Crippen molar-refractivity contribution in [1.29, 1.82) is 0 Å². The van der Waals surface area contributed by atoms with Gasteiger partial charge in [-0.05, 0) is 61.1 Å². The van der Waals surface area contributed by atoms with Gasteiger partial charge in [0.1, 0.15) is 17.8 Å².